The molecule has 0 spiro atoms. The third-order valence-corrected chi connectivity index (χ3v) is 23.5. The van der Waals surface area contributed by atoms with Crippen LogP contribution in [0.3, 0.4) is 0 Å². The van der Waals surface area contributed by atoms with E-state index in [1.807, 2.05) is 11.3 Å². The number of thiophene rings is 2. The first-order valence-corrected chi connectivity index (χ1v) is 31.0. The molecule has 3 aliphatic carbocycles. The van der Waals surface area contributed by atoms with Crippen molar-refractivity contribution in [3.05, 3.63) is 191 Å². The van der Waals surface area contributed by atoms with E-state index in [1.54, 1.807) is 0 Å². The van der Waals surface area contributed by atoms with Crippen molar-refractivity contribution in [2.75, 3.05) is 14.7 Å². The Hall–Kier alpha value is -6.60. The van der Waals surface area contributed by atoms with Gasteiger partial charge in [-0.1, -0.05) is 155 Å². The van der Waals surface area contributed by atoms with Crippen LogP contribution in [0.15, 0.2) is 152 Å². The lowest BCUT2D eigenvalue weighted by atomic mass is 9.35. The van der Waals surface area contributed by atoms with E-state index in [2.05, 4.69) is 254 Å². The standard InChI is InChI=1S/C73H70BN3S2/c1-68(2)30-31-69(3,4)52-36-45(28-29-50(52)68)76-59-41-54-53(70(5,6)32-33-71(54,7)8)40-57(59)74-63-60(76)37-46(75(43-20-14-12-15-21-43)44-22-16-13-17-23-44)38-61(63)77-58-27-19-25-48-47-24-18-26-51(65(47)79-66(48)58)73(11)35-34-72(9,10)55-42-62-49(39-56(55)73)64(77)67(74)78-62/h12-29,36-42H,30-35H2,1-11H3. The van der Waals surface area contributed by atoms with E-state index >= 15 is 0 Å². The largest absolute Gasteiger partial charge is 0.311 e. The second-order valence-corrected chi connectivity index (χ2v) is 30.2. The fourth-order valence-electron chi connectivity index (χ4n) is 16.1. The summed E-state index contributed by atoms with van der Waals surface area (Å²) in [6.45, 7) is 27.6. The maximum Gasteiger partial charge on any atom is 0.264 e. The molecule has 1 unspecified atom stereocenters. The fraction of sp³-hybridized carbons (Fsp3) is 0.315. The fourth-order valence-corrected chi connectivity index (χ4v) is 18.9. The van der Waals surface area contributed by atoms with E-state index in [0.717, 1.165) is 49.2 Å². The van der Waals surface area contributed by atoms with Gasteiger partial charge < -0.3 is 14.7 Å². The minimum atomic E-state index is -0.156. The number of hydrogen-bond donors (Lipinski definition) is 0. The first-order valence-electron chi connectivity index (χ1n) is 29.3. The molecule has 8 aromatic carbocycles. The topological polar surface area (TPSA) is 9.72 Å². The van der Waals surface area contributed by atoms with Gasteiger partial charge in [0.1, 0.15) is 0 Å². The van der Waals surface area contributed by atoms with Crippen molar-refractivity contribution in [1.82, 2.24) is 0 Å². The zero-order valence-corrected chi connectivity index (χ0v) is 49.5. The van der Waals surface area contributed by atoms with Gasteiger partial charge in [0.25, 0.3) is 6.71 Å². The lowest BCUT2D eigenvalue weighted by molar-refractivity contribution is 0.332. The van der Waals surface area contributed by atoms with Gasteiger partial charge in [-0.25, -0.2) is 0 Å². The van der Waals surface area contributed by atoms with Crippen LogP contribution in [0.2, 0.25) is 0 Å². The van der Waals surface area contributed by atoms with E-state index in [0.29, 0.717) is 0 Å². The van der Waals surface area contributed by atoms with Crippen molar-refractivity contribution < 1.29 is 0 Å². The summed E-state index contributed by atoms with van der Waals surface area (Å²) in [4.78, 5) is 8.05. The van der Waals surface area contributed by atoms with Crippen molar-refractivity contribution >= 4 is 127 Å². The zero-order chi connectivity index (χ0) is 54.1. The Morgan fingerprint density at radius 1 is 0.392 bits per heavy atom. The molecule has 0 radical (unpaired) electrons. The molecule has 0 amide bonds. The maximum absolute atomic E-state index is 2.79. The van der Waals surface area contributed by atoms with Gasteiger partial charge in [-0.05, 0) is 188 Å². The molecular formula is C73H70BN3S2. The van der Waals surface area contributed by atoms with Crippen molar-refractivity contribution in [1.29, 1.82) is 0 Å². The van der Waals surface area contributed by atoms with Crippen LogP contribution >= 0.6 is 22.7 Å². The molecule has 79 heavy (non-hydrogen) atoms. The highest BCUT2D eigenvalue weighted by atomic mass is 32.1. The number of nitrogens with zero attached hydrogens (tertiary/aromatic N) is 3. The van der Waals surface area contributed by atoms with Gasteiger partial charge in [0.15, 0.2) is 0 Å². The van der Waals surface area contributed by atoms with Gasteiger partial charge in [-0.2, -0.15) is 0 Å². The second kappa shape index (κ2) is 15.9. The SMILES string of the molecule is CC1(C)CCC(C)(C)c2cc(N3c4cc5c(cc4B4c6sc7cc8c9cc7c6N(c6cc(N(c7ccccc7)c7ccccc7)cc3c64)c3cccc4c3sc3c(cccc34)C9(C)CCC8(C)C)C(C)(C)CCC5(C)C)ccc21. The third kappa shape index (κ3) is 6.54. The number of rotatable bonds is 4. The van der Waals surface area contributed by atoms with E-state index in [9.17, 15) is 0 Å². The van der Waals surface area contributed by atoms with Crippen molar-refractivity contribution in [3.63, 3.8) is 0 Å². The smallest absolute Gasteiger partial charge is 0.264 e. The van der Waals surface area contributed by atoms with Gasteiger partial charge >= 0.3 is 0 Å². The normalized spacial score (nSPS) is 20.8. The van der Waals surface area contributed by atoms with Crippen molar-refractivity contribution in [2.24, 2.45) is 0 Å². The van der Waals surface area contributed by atoms with Crippen LogP contribution < -0.4 is 30.4 Å². The van der Waals surface area contributed by atoms with Crippen LogP contribution in [0.25, 0.3) is 30.3 Å². The highest BCUT2D eigenvalue weighted by Crippen LogP contribution is 2.60. The van der Waals surface area contributed by atoms with Gasteiger partial charge in [0, 0.05) is 69.9 Å². The van der Waals surface area contributed by atoms with Crippen molar-refractivity contribution in [3.8, 4) is 0 Å². The van der Waals surface area contributed by atoms with Crippen LogP contribution in [0.4, 0.5) is 51.2 Å². The van der Waals surface area contributed by atoms with Crippen LogP contribution in [0, 0.1) is 0 Å². The Balaban J connectivity index is 1.10. The van der Waals surface area contributed by atoms with Crippen LogP contribution in [0.5, 0.6) is 0 Å². The Kier molecular flexibility index (Phi) is 9.70. The summed E-state index contributed by atoms with van der Waals surface area (Å²) in [5, 5.41) is 4.10. The summed E-state index contributed by atoms with van der Waals surface area (Å²) in [5.41, 5.74) is 24.5. The molecule has 5 heterocycles. The summed E-state index contributed by atoms with van der Waals surface area (Å²) in [7, 11) is 0. The molecule has 10 aromatic rings. The maximum atomic E-state index is 2.79. The Bertz CT molecular complexity index is 4250. The average molecular weight is 1060 g/mol. The minimum Gasteiger partial charge on any atom is -0.311 e. The zero-order valence-electron chi connectivity index (χ0n) is 47.9. The molecule has 1 atom stereocenters. The van der Waals surface area contributed by atoms with Crippen molar-refractivity contribution in [2.45, 2.75) is 147 Å². The predicted octanol–water partition coefficient (Wildman–Crippen LogP) is 19.2. The molecule has 0 saturated heterocycles. The second-order valence-electron chi connectivity index (χ2n) is 28.1. The van der Waals surface area contributed by atoms with Gasteiger partial charge in [0.05, 0.1) is 21.8 Å². The molecule has 6 heteroatoms. The molecule has 2 aromatic heterocycles. The quantitative estimate of drug-likeness (QED) is 0.163. The molecule has 16 rings (SSSR count). The highest BCUT2D eigenvalue weighted by Gasteiger charge is 2.51. The molecule has 0 saturated carbocycles. The Labute approximate surface area is 476 Å². The highest BCUT2D eigenvalue weighted by molar-refractivity contribution is 7.34. The number of benzene rings is 8. The molecule has 3 nitrogen and oxygen atoms in total. The average Bonchev–Trinajstić information content (AvgIpc) is 3.54. The number of fused-ring (bicyclic) bond motifs is 9. The first-order chi connectivity index (χ1) is 37.7. The van der Waals surface area contributed by atoms with Gasteiger partial charge in [-0.15, -0.1) is 22.7 Å². The molecule has 6 aliphatic rings. The van der Waals surface area contributed by atoms with E-state index in [1.165, 1.54) is 125 Å². The molecule has 392 valence electrons. The molecular weight excluding hydrogens is 994 g/mol. The summed E-state index contributed by atoms with van der Waals surface area (Å²) in [6, 6.07) is 60.3. The number of anilines is 9. The van der Waals surface area contributed by atoms with E-state index < -0.39 is 0 Å². The Morgan fingerprint density at radius 3 is 1.61 bits per heavy atom. The summed E-state index contributed by atoms with van der Waals surface area (Å²) >= 11 is 4.11. The van der Waals surface area contributed by atoms with Gasteiger partial charge in [0.2, 0.25) is 0 Å². The van der Waals surface area contributed by atoms with E-state index in [4.69, 9.17) is 0 Å². The lowest BCUT2D eigenvalue weighted by Gasteiger charge is -2.48. The third-order valence-electron chi connectivity index (χ3n) is 21.1. The molecule has 3 aliphatic heterocycles. The number of hydrogen-bond acceptors (Lipinski definition) is 5. The Morgan fingerprint density at radius 2 is 0.949 bits per heavy atom. The van der Waals surface area contributed by atoms with Crippen LogP contribution in [-0.4, -0.2) is 6.71 Å². The monoisotopic (exact) mass is 1060 g/mol. The summed E-state index contributed by atoms with van der Waals surface area (Å²) in [6.07, 6.45) is 6.92. The minimum absolute atomic E-state index is 0.0111. The summed E-state index contributed by atoms with van der Waals surface area (Å²) < 4.78 is 5.65. The van der Waals surface area contributed by atoms with E-state index in [-0.39, 0.29) is 39.2 Å². The predicted molar refractivity (Wildman–Crippen MR) is 343 cm³/mol. The van der Waals surface area contributed by atoms with Gasteiger partial charge in [-0.3, -0.25) is 0 Å². The van der Waals surface area contributed by atoms with Crippen LogP contribution in [-0.2, 0) is 32.5 Å². The molecule has 0 fully saturated rings. The summed E-state index contributed by atoms with van der Waals surface area (Å²) in [5.74, 6) is 0. The molecule has 4 bridgehead atoms. The van der Waals surface area contributed by atoms with Crippen LogP contribution in [0.1, 0.15) is 154 Å². The lowest BCUT2D eigenvalue weighted by Crippen LogP contribution is -2.61. The number of para-hydroxylation sites is 2. The first kappa shape index (κ1) is 48.3. The molecule has 0 N–H and O–H groups in total.